The molecule has 1 aliphatic heterocycles. The van der Waals surface area contributed by atoms with Crippen LogP contribution in [0.15, 0.2) is 48.5 Å². The molecular formula is C21H26N2O3. The summed E-state index contributed by atoms with van der Waals surface area (Å²) in [7, 11) is 0. The first-order chi connectivity index (χ1) is 12.8. The molecule has 0 spiro atoms. The molecule has 0 bridgehead atoms. The first kappa shape index (κ1) is 18.4. The monoisotopic (exact) mass is 354 g/mol. The Morgan fingerprint density at radius 3 is 2.77 bits per heavy atom. The lowest BCUT2D eigenvalue weighted by Gasteiger charge is -2.26. The molecular weight excluding hydrogens is 328 g/mol. The van der Waals surface area contributed by atoms with Crippen molar-refractivity contribution < 1.29 is 14.3 Å². The van der Waals surface area contributed by atoms with Gasteiger partial charge in [0.2, 0.25) is 0 Å². The molecule has 5 nitrogen and oxygen atoms in total. The lowest BCUT2D eigenvalue weighted by molar-refractivity contribution is 0.0342. The lowest BCUT2D eigenvalue weighted by Crippen LogP contribution is -2.35. The van der Waals surface area contributed by atoms with E-state index in [9.17, 15) is 4.79 Å². The van der Waals surface area contributed by atoms with Crippen molar-refractivity contribution >= 4 is 5.91 Å². The van der Waals surface area contributed by atoms with Gasteiger partial charge in [-0.3, -0.25) is 9.69 Å². The van der Waals surface area contributed by atoms with Crippen molar-refractivity contribution in [2.75, 3.05) is 32.9 Å². The van der Waals surface area contributed by atoms with E-state index in [-0.39, 0.29) is 5.91 Å². The van der Waals surface area contributed by atoms with Gasteiger partial charge in [0.15, 0.2) is 0 Å². The molecule has 2 aromatic rings. The first-order valence-corrected chi connectivity index (χ1v) is 9.14. The van der Waals surface area contributed by atoms with Gasteiger partial charge in [0.05, 0.1) is 19.8 Å². The summed E-state index contributed by atoms with van der Waals surface area (Å²) >= 11 is 0. The van der Waals surface area contributed by atoms with Crippen LogP contribution in [0.25, 0.3) is 0 Å². The van der Waals surface area contributed by atoms with Gasteiger partial charge < -0.3 is 14.8 Å². The smallest absolute Gasteiger partial charge is 0.251 e. The van der Waals surface area contributed by atoms with E-state index in [1.807, 2.05) is 49.4 Å². The SMILES string of the molecule is CCOc1ccccc1CNC(=O)c1cccc(CN2CCOCC2)c1. The highest BCUT2D eigenvalue weighted by molar-refractivity contribution is 5.94. The average molecular weight is 354 g/mol. The first-order valence-electron chi connectivity index (χ1n) is 9.14. The lowest BCUT2D eigenvalue weighted by atomic mass is 10.1. The largest absolute Gasteiger partial charge is 0.494 e. The quantitative estimate of drug-likeness (QED) is 0.831. The van der Waals surface area contributed by atoms with Crippen LogP contribution in [0.3, 0.4) is 0 Å². The van der Waals surface area contributed by atoms with Crippen LogP contribution < -0.4 is 10.1 Å². The molecule has 0 saturated carbocycles. The van der Waals surface area contributed by atoms with Gasteiger partial charge in [0.1, 0.15) is 5.75 Å². The molecule has 1 N–H and O–H groups in total. The zero-order valence-electron chi connectivity index (χ0n) is 15.2. The topological polar surface area (TPSA) is 50.8 Å². The number of rotatable bonds is 7. The van der Waals surface area contributed by atoms with Crippen molar-refractivity contribution in [3.05, 3.63) is 65.2 Å². The van der Waals surface area contributed by atoms with Gasteiger partial charge in [-0.25, -0.2) is 0 Å². The van der Waals surface area contributed by atoms with Gasteiger partial charge in [-0.2, -0.15) is 0 Å². The molecule has 1 aliphatic rings. The number of carbonyl (C=O) groups excluding carboxylic acids is 1. The van der Waals surface area contributed by atoms with Gasteiger partial charge in [0, 0.05) is 37.3 Å². The Kier molecular flexibility index (Phi) is 6.63. The number of nitrogens with zero attached hydrogens (tertiary/aromatic N) is 1. The highest BCUT2D eigenvalue weighted by Crippen LogP contribution is 2.18. The molecule has 0 atom stereocenters. The van der Waals surface area contributed by atoms with E-state index in [1.54, 1.807) is 0 Å². The van der Waals surface area contributed by atoms with Crippen LogP contribution in [-0.2, 0) is 17.8 Å². The fourth-order valence-electron chi connectivity index (χ4n) is 3.05. The summed E-state index contributed by atoms with van der Waals surface area (Å²) in [6.45, 7) is 7.28. The highest BCUT2D eigenvalue weighted by Gasteiger charge is 2.12. The predicted molar refractivity (Wildman–Crippen MR) is 101 cm³/mol. The van der Waals surface area contributed by atoms with Gasteiger partial charge in [0.25, 0.3) is 5.91 Å². The van der Waals surface area contributed by atoms with Crippen LogP contribution in [0.1, 0.15) is 28.4 Å². The Hall–Kier alpha value is -2.37. The van der Waals surface area contributed by atoms with Crippen LogP contribution in [0.4, 0.5) is 0 Å². The Balaban J connectivity index is 1.60. The second-order valence-electron chi connectivity index (χ2n) is 6.31. The Labute approximate surface area is 154 Å². The number of hydrogen-bond donors (Lipinski definition) is 1. The number of hydrogen-bond acceptors (Lipinski definition) is 4. The molecule has 0 unspecified atom stereocenters. The number of amides is 1. The van der Waals surface area contributed by atoms with E-state index in [2.05, 4.69) is 16.3 Å². The van der Waals surface area contributed by atoms with E-state index in [4.69, 9.17) is 9.47 Å². The molecule has 1 heterocycles. The minimum atomic E-state index is -0.0693. The van der Waals surface area contributed by atoms with E-state index in [0.717, 1.165) is 49.7 Å². The zero-order chi connectivity index (χ0) is 18.2. The molecule has 26 heavy (non-hydrogen) atoms. The minimum absolute atomic E-state index is 0.0693. The van der Waals surface area contributed by atoms with Crippen LogP contribution in [0.5, 0.6) is 5.75 Å². The number of benzene rings is 2. The molecule has 0 aliphatic carbocycles. The van der Waals surface area contributed by atoms with Crippen molar-refractivity contribution in [1.29, 1.82) is 0 Å². The van der Waals surface area contributed by atoms with Gasteiger partial charge in [-0.05, 0) is 30.7 Å². The van der Waals surface area contributed by atoms with Crippen LogP contribution >= 0.6 is 0 Å². The van der Waals surface area contributed by atoms with E-state index < -0.39 is 0 Å². The maximum Gasteiger partial charge on any atom is 0.251 e. The summed E-state index contributed by atoms with van der Waals surface area (Å²) in [6.07, 6.45) is 0. The minimum Gasteiger partial charge on any atom is -0.494 e. The summed E-state index contributed by atoms with van der Waals surface area (Å²) in [6, 6.07) is 15.6. The molecule has 1 fully saturated rings. The molecule has 1 saturated heterocycles. The number of para-hydroxylation sites is 1. The zero-order valence-corrected chi connectivity index (χ0v) is 15.2. The molecule has 2 aromatic carbocycles. The van der Waals surface area contributed by atoms with Crippen molar-refractivity contribution in [2.24, 2.45) is 0 Å². The molecule has 1 amide bonds. The Morgan fingerprint density at radius 1 is 1.15 bits per heavy atom. The van der Waals surface area contributed by atoms with Crippen LogP contribution in [0.2, 0.25) is 0 Å². The number of ether oxygens (including phenoxy) is 2. The van der Waals surface area contributed by atoms with Gasteiger partial charge in [-0.1, -0.05) is 30.3 Å². The second-order valence-corrected chi connectivity index (χ2v) is 6.31. The molecule has 0 radical (unpaired) electrons. The highest BCUT2D eigenvalue weighted by atomic mass is 16.5. The average Bonchev–Trinajstić information content (AvgIpc) is 2.68. The molecule has 0 aromatic heterocycles. The van der Waals surface area contributed by atoms with Gasteiger partial charge in [-0.15, -0.1) is 0 Å². The summed E-state index contributed by atoms with van der Waals surface area (Å²) in [5, 5.41) is 2.99. The molecule has 5 heteroatoms. The Bertz CT molecular complexity index is 727. The van der Waals surface area contributed by atoms with E-state index in [1.165, 1.54) is 0 Å². The van der Waals surface area contributed by atoms with Crippen LogP contribution in [0, 0.1) is 0 Å². The summed E-state index contributed by atoms with van der Waals surface area (Å²) < 4.78 is 11.0. The third-order valence-electron chi connectivity index (χ3n) is 4.41. The van der Waals surface area contributed by atoms with Crippen LogP contribution in [-0.4, -0.2) is 43.7 Å². The van der Waals surface area contributed by atoms with Crippen molar-refractivity contribution in [1.82, 2.24) is 10.2 Å². The third-order valence-corrected chi connectivity index (χ3v) is 4.41. The number of morpholine rings is 1. The standard InChI is InChI=1S/C21H26N2O3/c1-2-26-20-9-4-3-7-19(20)15-22-21(24)18-8-5-6-17(14-18)16-23-10-12-25-13-11-23/h3-9,14H,2,10-13,15-16H2,1H3,(H,22,24). The molecule has 3 rings (SSSR count). The fraction of sp³-hybridized carbons (Fsp3) is 0.381. The summed E-state index contributed by atoms with van der Waals surface area (Å²) in [5.74, 6) is 0.747. The molecule has 138 valence electrons. The normalized spacial score (nSPS) is 14.8. The number of nitrogens with one attached hydrogen (secondary N) is 1. The third kappa shape index (κ3) is 5.07. The van der Waals surface area contributed by atoms with Crippen molar-refractivity contribution in [3.8, 4) is 5.75 Å². The van der Waals surface area contributed by atoms with Crippen molar-refractivity contribution in [2.45, 2.75) is 20.0 Å². The van der Waals surface area contributed by atoms with E-state index >= 15 is 0 Å². The fourth-order valence-corrected chi connectivity index (χ4v) is 3.05. The Morgan fingerprint density at radius 2 is 1.96 bits per heavy atom. The van der Waals surface area contributed by atoms with E-state index in [0.29, 0.717) is 18.7 Å². The van der Waals surface area contributed by atoms with Gasteiger partial charge >= 0.3 is 0 Å². The maximum atomic E-state index is 12.5. The number of carbonyl (C=O) groups is 1. The predicted octanol–water partition coefficient (Wildman–Crippen LogP) is 2.85. The second kappa shape index (κ2) is 9.36. The van der Waals surface area contributed by atoms with Crippen molar-refractivity contribution in [3.63, 3.8) is 0 Å². The maximum absolute atomic E-state index is 12.5. The summed E-state index contributed by atoms with van der Waals surface area (Å²) in [5.41, 5.74) is 2.81. The summed E-state index contributed by atoms with van der Waals surface area (Å²) in [4.78, 5) is 14.9.